The monoisotopic (exact) mass is 334 g/mol. The smallest absolute Gasteiger partial charge is 0.352 e. The molecule has 1 amide bonds. The molecule has 2 rings (SSSR count). The standard InChI is InChI=1S/C16H19N2O4P/c1-18-13(7-8-14(18)16(20)21)15(19)17-10-11-5-4-6-12(9-11)23(2,3)22/h4-9H,10H2,1-3H3,(H,17,19)(H,20,21). The number of amides is 1. The number of carboxylic acid groups (broad SMARTS) is 1. The Kier molecular flexibility index (Phi) is 4.76. The second-order valence-electron chi connectivity index (χ2n) is 5.67. The zero-order valence-electron chi connectivity index (χ0n) is 13.2. The lowest BCUT2D eigenvalue weighted by molar-refractivity contribution is 0.0686. The van der Waals surface area contributed by atoms with E-state index in [1.807, 2.05) is 24.3 Å². The van der Waals surface area contributed by atoms with Gasteiger partial charge >= 0.3 is 5.97 Å². The molecular weight excluding hydrogens is 315 g/mol. The molecule has 122 valence electrons. The zero-order chi connectivity index (χ0) is 17.2. The lowest BCUT2D eigenvalue weighted by Crippen LogP contribution is -2.26. The van der Waals surface area contributed by atoms with Crippen LogP contribution in [0.5, 0.6) is 0 Å². The van der Waals surface area contributed by atoms with Gasteiger partial charge in [0.25, 0.3) is 5.91 Å². The van der Waals surface area contributed by atoms with E-state index in [1.165, 1.54) is 23.7 Å². The van der Waals surface area contributed by atoms with Crippen LogP contribution in [0.1, 0.15) is 26.5 Å². The van der Waals surface area contributed by atoms with Crippen LogP contribution in [-0.4, -0.2) is 34.9 Å². The average molecular weight is 334 g/mol. The molecule has 0 fully saturated rings. The van der Waals surface area contributed by atoms with Gasteiger partial charge in [-0.1, -0.05) is 18.2 Å². The normalized spacial score (nSPS) is 11.3. The minimum Gasteiger partial charge on any atom is -0.477 e. The van der Waals surface area contributed by atoms with Crippen LogP contribution in [0.25, 0.3) is 0 Å². The van der Waals surface area contributed by atoms with Crippen molar-refractivity contribution in [2.24, 2.45) is 7.05 Å². The molecule has 0 radical (unpaired) electrons. The summed E-state index contributed by atoms with van der Waals surface area (Å²) in [4.78, 5) is 23.2. The van der Waals surface area contributed by atoms with Gasteiger partial charge in [-0.15, -0.1) is 0 Å². The highest BCUT2D eigenvalue weighted by Crippen LogP contribution is 2.34. The molecule has 0 bridgehead atoms. The molecule has 0 saturated heterocycles. The van der Waals surface area contributed by atoms with Crippen molar-refractivity contribution in [1.29, 1.82) is 0 Å². The third-order valence-corrected chi connectivity index (χ3v) is 5.08. The summed E-state index contributed by atoms with van der Waals surface area (Å²) in [5, 5.41) is 12.5. The van der Waals surface area contributed by atoms with Gasteiger partial charge in [0.05, 0.1) is 0 Å². The summed E-state index contributed by atoms with van der Waals surface area (Å²) >= 11 is 0. The number of carbonyl (C=O) groups is 2. The van der Waals surface area contributed by atoms with Crippen molar-refractivity contribution >= 4 is 24.3 Å². The number of nitrogens with one attached hydrogen (secondary N) is 1. The first-order valence-corrected chi connectivity index (χ1v) is 9.62. The molecule has 0 unspecified atom stereocenters. The first-order valence-electron chi connectivity index (χ1n) is 7.02. The van der Waals surface area contributed by atoms with Crippen LogP contribution in [0.2, 0.25) is 0 Å². The molecule has 0 aliphatic heterocycles. The maximum atomic E-state index is 12.2. The van der Waals surface area contributed by atoms with Crippen LogP contribution in [-0.2, 0) is 18.2 Å². The second kappa shape index (κ2) is 6.42. The van der Waals surface area contributed by atoms with Crippen molar-refractivity contribution in [1.82, 2.24) is 9.88 Å². The van der Waals surface area contributed by atoms with Gasteiger partial charge in [-0.05, 0) is 37.1 Å². The van der Waals surface area contributed by atoms with Crippen molar-refractivity contribution in [2.45, 2.75) is 6.54 Å². The molecule has 2 N–H and O–H groups in total. The highest BCUT2D eigenvalue weighted by atomic mass is 31.2. The molecule has 2 aromatic rings. The van der Waals surface area contributed by atoms with Crippen molar-refractivity contribution < 1.29 is 19.3 Å². The van der Waals surface area contributed by atoms with Gasteiger partial charge in [0.15, 0.2) is 0 Å². The van der Waals surface area contributed by atoms with Gasteiger partial charge in [-0.25, -0.2) is 4.79 Å². The number of rotatable bonds is 5. The third-order valence-electron chi connectivity index (χ3n) is 3.56. The lowest BCUT2D eigenvalue weighted by atomic mass is 10.2. The van der Waals surface area contributed by atoms with Crippen LogP contribution >= 0.6 is 7.14 Å². The predicted molar refractivity (Wildman–Crippen MR) is 89.1 cm³/mol. The van der Waals surface area contributed by atoms with Crippen LogP contribution in [0.15, 0.2) is 36.4 Å². The quantitative estimate of drug-likeness (QED) is 0.818. The van der Waals surface area contributed by atoms with Gasteiger partial charge in [0.1, 0.15) is 18.5 Å². The molecule has 1 heterocycles. The summed E-state index contributed by atoms with van der Waals surface area (Å²) in [5.41, 5.74) is 1.16. The van der Waals surface area contributed by atoms with Gasteiger partial charge < -0.3 is 19.6 Å². The van der Waals surface area contributed by atoms with Crippen molar-refractivity contribution in [3.05, 3.63) is 53.3 Å². The summed E-state index contributed by atoms with van der Waals surface area (Å²) < 4.78 is 13.4. The number of aromatic nitrogens is 1. The van der Waals surface area contributed by atoms with Crippen LogP contribution in [0.3, 0.4) is 0 Å². The highest BCUT2D eigenvalue weighted by molar-refractivity contribution is 7.70. The maximum absolute atomic E-state index is 12.2. The zero-order valence-corrected chi connectivity index (χ0v) is 14.1. The highest BCUT2D eigenvalue weighted by Gasteiger charge is 2.16. The average Bonchev–Trinajstić information content (AvgIpc) is 2.86. The van der Waals surface area contributed by atoms with E-state index >= 15 is 0 Å². The number of hydrogen-bond acceptors (Lipinski definition) is 3. The molecule has 0 atom stereocenters. The Morgan fingerprint density at radius 3 is 2.39 bits per heavy atom. The maximum Gasteiger partial charge on any atom is 0.352 e. The van der Waals surface area contributed by atoms with E-state index in [1.54, 1.807) is 13.3 Å². The molecule has 23 heavy (non-hydrogen) atoms. The summed E-state index contributed by atoms with van der Waals surface area (Å²) in [6, 6.07) is 10.1. The SMILES string of the molecule is Cn1c(C(=O)O)ccc1C(=O)NCc1cccc(P(C)(C)=O)c1. The second-order valence-corrected chi connectivity index (χ2v) is 8.89. The first kappa shape index (κ1) is 17.0. The Hall–Kier alpha value is -2.33. The van der Waals surface area contributed by atoms with E-state index in [-0.39, 0.29) is 23.8 Å². The predicted octanol–water partition coefficient (Wildman–Crippen LogP) is 1.90. The fourth-order valence-corrected chi connectivity index (χ4v) is 3.15. The van der Waals surface area contributed by atoms with Crippen LogP contribution < -0.4 is 10.6 Å². The van der Waals surface area contributed by atoms with Crippen molar-refractivity contribution in [3.8, 4) is 0 Å². The summed E-state index contributed by atoms with van der Waals surface area (Å²) in [7, 11) is -0.817. The molecule has 0 aliphatic carbocycles. The number of carboxylic acids is 1. The molecule has 7 heteroatoms. The fourth-order valence-electron chi connectivity index (χ4n) is 2.23. The van der Waals surface area contributed by atoms with Crippen LogP contribution in [0, 0.1) is 0 Å². The molecular formula is C16H19N2O4P. The molecule has 0 spiro atoms. The Bertz CT molecular complexity index is 804. The Morgan fingerprint density at radius 1 is 1.17 bits per heavy atom. The van der Waals surface area contributed by atoms with Gasteiger partial charge in [-0.2, -0.15) is 0 Å². The van der Waals surface area contributed by atoms with E-state index in [2.05, 4.69) is 5.32 Å². The van der Waals surface area contributed by atoms with Gasteiger partial charge in [0.2, 0.25) is 0 Å². The topological polar surface area (TPSA) is 88.4 Å². The summed E-state index contributed by atoms with van der Waals surface area (Å²) in [5.74, 6) is -1.44. The van der Waals surface area contributed by atoms with E-state index in [9.17, 15) is 14.2 Å². The lowest BCUT2D eigenvalue weighted by Gasteiger charge is -2.10. The Morgan fingerprint density at radius 2 is 1.83 bits per heavy atom. The van der Waals surface area contributed by atoms with E-state index in [4.69, 9.17) is 5.11 Å². The summed E-state index contributed by atoms with van der Waals surface area (Å²) in [6.07, 6.45) is 0. The Labute approximate surface area is 134 Å². The number of benzene rings is 1. The van der Waals surface area contributed by atoms with Crippen LogP contribution in [0.4, 0.5) is 0 Å². The Balaban J connectivity index is 2.11. The molecule has 0 saturated carbocycles. The van der Waals surface area contributed by atoms with E-state index < -0.39 is 13.1 Å². The largest absolute Gasteiger partial charge is 0.477 e. The number of hydrogen-bond donors (Lipinski definition) is 2. The van der Waals surface area contributed by atoms with Crippen molar-refractivity contribution in [2.75, 3.05) is 13.3 Å². The first-order chi connectivity index (χ1) is 10.7. The van der Waals surface area contributed by atoms with E-state index in [0.717, 1.165) is 10.9 Å². The van der Waals surface area contributed by atoms with Gasteiger partial charge in [0, 0.05) is 18.9 Å². The molecule has 0 aliphatic rings. The summed E-state index contributed by atoms with van der Waals surface area (Å²) in [6.45, 7) is 3.67. The third kappa shape index (κ3) is 3.90. The number of carbonyl (C=O) groups excluding carboxylic acids is 1. The molecule has 1 aromatic heterocycles. The van der Waals surface area contributed by atoms with Crippen molar-refractivity contribution in [3.63, 3.8) is 0 Å². The fraction of sp³-hybridized carbons (Fsp3) is 0.250. The van der Waals surface area contributed by atoms with Gasteiger partial charge in [-0.3, -0.25) is 4.79 Å². The number of aromatic carboxylic acids is 1. The molecule has 6 nitrogen and oxygen atoms in total. The minimum atomic E-state index is -2.35. The van der Waals surface area contributed by atoms with E-state index in [0.29, 0.717) is 0 Å². The number of nitrogens with zero attached hydrogens (tertiary/aromatic N) is 1. The molecule has 1 aromatic carbocycles. The minimum absolute atomic E-state index is 0.0510.